The van der Waals surface area contributed by atoms with Gasteiger partial charge < -0.3 is 9.05 Å². The Hall–Kier alpha value is 0.0800. The smallest absolute Gasteiger partial charge is 0.0844 e. The fraction of sp³-hybridized carbons (Fsp3) is 0.478. The van der Waals surface area contributed by atoms with Gasteiger partial charge in [-0.25, -0.2) is 0 Å². The molecule has 0 fully saturated rings. The first-order valence-corrected chi connectivity index (χ1v) is 15.3. The van der Waals surface area contributed by atoms with Crippen molar-refractivity contribution in [3.8, 4) is 0 Å². The summed E-state index contributed by atoms with van der Waals surface area (Å²) in [5, 5.41) is 0. The van der Waals surface area contributed by atoms with Gasteiger partial charge in [0.05, 0.1) is 19.7 Å². The monoisotopic (exact) mass is 472 g/mol. The van der Waals surface area contributed by atoms with Crippen molar-refractivity contribution in [3.63, 3.8) is 0 Å². The van der Waals surface area contributed by atoms with Crippen LogP contribution in [0.2, 0.25) is 0 Å². The van der Waals surface area contributed by atoms with E-state index in [1.165, 1.54) is 0 Å². The zero-order valence-corrected chi connectivity index (χ0v) is 22.6. The Labute approximate surface area is 187 Å². The second-order valence-corrected chi connectivity index (χ2v) is 12.8. The van der Waals surface area contributed by atoms with Gasteiger partial charge in [-0.05, 0) is 31.6 Å². The van der Waals surface area contributed by atoms with Gasteiger partial charge >= 0.3 is 0 Å². The summed E-state index contributed by atoms with van der Waals surface area (Å²) >= 11 is 0. The predicted molar refractivity (Wildman–Crippen MR) is 144 cm³/mol. The van der Waals surface area contributed by atoms with Crippen LogP contribution in [-0.2, 0) is 9.05 Å². The van der Waals surface area contributed by atoms with Crippen molar-refractivity contribution in [3.05, 3.63) is 72.9 Å². The van der Waals surface area contributed by atoms with E-state index in [1.54, 1.807) is 0 Å². The van der Waals surface area contributed by atoms with Crippen LogP contribution in [0.1, 0.15) is 52.9 Å². The molecule has 6 unspecified atom stereocenters. The predicted octanol–water partition coefficient (Wildman–Crippen LogP) is 8.49. The van der Waals surface area contributed by atoms with Crippen LogP contribution >= 0.6 is 34.8 Å². The first-order valence-electron chi connectivity index (χ1n) is 10.3. The molecule has 6 heteroatoms. The molecule has 0 aliphatic rings. The van der Waals surface area contributed by atoms with Crippen molar-refractivity contribution in [2.45, 2.75) is 65.1 Å². The van der Waals surface area contributed by atoms with Gasteiger partial charge in [-0.2, -0.15) is 0 Å². The highest BCUT2D eigenvalue weighted by Gasteiger charge is 2.05. The summed E-state index contributed by atoms with van der Waals surface area (Å²) in [6.07, 6.45) is 31.0. The summed E-state index contributed by atoms with van der Waals surface area (Å²) in [4.78, 5) is 0. The van der Waals surface area contributed by atoms with Crippen LogP contribution in [0.4, 0.5) is 0 Å². The van der Waals surface area contributed by atoms with E-state index in [2.05, 4.69) is 109 Å². The molecule has 0 aliphatic heterocycles. The summed E-state index contributed by atoms with van der Waals surface area (Å²) in [5.74, 6) is 0.503. The van der Waals surface area contributed by atoms with Gasteiger partial charge in [-0.3, -0.25) is 0 Å². The van der Waals surface area contributed by atoms with Crippen LogP contribution < -0.4 is 0 Å². The number of allylic oxidation sites excluding steroid dienone is 9. The second-order valence-electron chi connectivity index (χ2n) is 6.76. The average molecular weight is 472 g/mol. The molecule has 2 nitrogen and oxygen atoms in total. The summed E-state index contributed by atoms with van der Waals surface area (Å²) in [7, 11) is 7.27. The minimum absolute atomic E-state index is 0.132. The van der Waals surface area contributed by atoms with E-state index in [0.29, 0.717) is 5.92 Å². The number of hydrogen-bond acceptors (Lipinski definition) is 2. The second kappa shape index (κ2) is 21.3. The maximum Gasteiger partial charge on any atom is 0.0844 e. The molecule has 0 amide bonds. The Morgan fingerprint density at radius 1 is 0.793 bits per heavy atom. The van der Waals surface area contributed by atoms with Gasteiger partial charge in [0.1, 0.15) is 0 Å². The van der Waals surface area contributed by atoms with Crippen LogP contribution in [-0.4, -0.2) is 12.2 Å². The number of hydrogen-bond donors (Lipinski definition) is 0. The van der Waals surface area contributed by atoms with E-state index in [-0.39, 0.29) is 12.2 Å². The molecule has 0 spiro atoms. The van der Waals surface area contributed by atoms with Crippen LogP contribution in [0.5, 0.6) is 0 Å². The zero-order chi connectivity index (χ0) is 21.7. The van der Waals surface area contributed by atoms with E-state index in [4.69, 9.17) is 9.05 Å². The molecule has 0 saturated carbocycles. The minimum atomic E-state index is -0.518. The fourth-order valence-corrected chi connectivity index (χ4v) is 4.05. The molecule has 0 radical (unpaired) electrons. The Bertz CT molecular complexity index is 551. The SMILES string of the molecule is CCC=CCC(C=CC=CCC(C)C=CC=CC=CC(CCC)OP)OP(P)P. The van der Waals surface area contributed by atoms with E-state index < -0.39 is 7.53 Å². The zero-order valence-electron chi connectivity index (χ0n) is 18.2. The molecular formula is C23H40O2P4. The average Bonchev–Trinajstić information content (AvgIpc) is 2.68. The topological polar surface area (TPSA) is 18.5 Å². The van der Waals surface area contributed by atoms with Crippen molar-refractivity contribution < 1.29 is 9.05 Å². The molecule has 29 heavy (non-hydrogen) atoms. The van der Waals surface area contributed by atoms with Gasteiger partial charge in [-0.1, -0.05) is 118 Å². The highest BCUT2D eigenvalue weighted by molar-refractivity contribution is 8.41. The standard InChI is InChI=1S/C23H40O2P4/c1-4-6-10-19-23(25-29(27)28)20-14-9-12-17-21(3)16-11-7-8-13-18-22(24-26)15-5-2/h6-14,16,18,20-23H,4-5,15,17,19,26-28H2,1-3H3. The quantitative estimate of drug-likeness (QED) is 0.127. The molecule has 0 saturated heterocycles. The third-order valence-corrected chi connectivity index (χ3v) is 5.55. The molecule has 0 aromatic rings. The summed E-state index contributed by atoms with van der Waals surface area (Å²) in [6.45, 7) is 6.54. The lowest BCUT2D eigenvalue weighted by Gasteiger charge is -2.14. The Balaban J connectivity index is 4.30. The lowest BCUT2D eigenvalue weighted by Crippen LogP contribution is -2.02. The van der Waals surface area contributed by atoms with Crippen LogP contribution in [0, 0.1) is 5.92 Å². The Morgan fingerprint density at radius 3 is 2.07 bits per heavy atom. The van der Waals surface area contributed by atoms with Crippen LogP contribution in [0.25, 0.3) is 0 Å². The van der Waals surface area contributed by atoms with E-state index in [9.17, 15) is 0 Å². The molecule has 0 bridgehead atoms. The van der Waals surface area contributed by atoms with Crippen molar-refractivity contribution in [1.82, 2.24) is 0 Å². The third kappa shape index (κ3) is 19.8. The van der Waals surface area contributed by atoms with Crippen LogP contribution in [0.15, 0.2) is 72.9 Å². The molecule has 0 heterocycles. The molecule has 0 aliphatic carbocycles. The van der Waals surface area contributed by atoms with Gasteiger partial charge in [-0.15, -0.1) is 0 Å². The molecule has 0 N–H and O–H groups in total. The Kier molecular flexibility index (Phi) is 21.4. The molecule has 0 rings (SSSR count). The first kappa shape index (κ1) is 29.1. The first-order chi connectivity index (χ1) is 14.0. The van der Waals surface area contributed by atoms with Gasteiger partial charge in [0, 0.05) is 9.47 Å². The third-order valence-electron chi connectivity index (χ3n) is 3.96. The summed E-state index contributed by atoms with van der Waals surface area (Å²) < 4.78 is 11.2. The van der Waals surface area contributed by atoms with Crippen molar-refractivity contribution in [1.29, 1.82) is 0 Å². The maximum absolute atomic E-state index is 5.93. The minimum Gasteiger partial charge on any atom is -0.358 e. The lowest BCUT2D eigenvalue weighted by molar-refractivity contribution is 0.279. The molecule has 0 aromatic carbocycles. The van der Waals surface area contributed by atoms with Crippen molar-refractivity contribution in [2.75, 3.05) is 0 Å². The summed E-state index contributed by atoms with van der Waals surface area (Å²) in [6, 6.07) is 0. The van der Waals surface area contributed by atoms with Gasteiger partial charge in [0.25, 0.3) is 0 Å². The highest BCUT2D eigenvalue weighted by Crippen LogP contribution is 2.54. The van der Waals surface area contributed by atoms with E-state index >= 15 is 0 Å². The van der Waals surface area contributed by atoms with E-state index in [1.807, 2.05) is 12.2 Å². The molecule has 0 aromatic heterocycles. The largest absolute Gasteiger partial charge is 0.358 e. The van der Waals surface area contributed by atoms with Crippen molar-refractivity contribution in [2.24, 2.45) is 5.92 Å². The molecular weight excluding hydrogens is 432 g/mol. The lowest BCUT2D eigenvalue weighted by atomic mass is 10.1. The highest BCUT2D eigenvalue weighted by atomic mass is 32.4. The number of rotatable bonds is 16. The fourth-order valence-electron chi connectivity index (χ4n) is 2.41. The van der Waals surface area contributed by atoms with Gasteiger partial charge in [0.2, 0.25) is 0 Å². The van der Waals surface area contributed by atoms with Crippen molar-refractivity contribution >= 4 is 34.8 Å². The normalized spacial score (nSPS) is 16.7. The van der Waals surface area contributed by atoms with Gasteiger partial charge in [0.15, 0.2) is 0 Å². The van der Waals surface area contributed by atoms with Crippen LogP contribution in [0.3, 0.4) is 0 Å². The maximum atomic E-state index is 5.93. The summed E-state index contributed by atoms with van der Waals surface area (Å²) in [5.41, 5.74) is 0. The molecule has 164 valence electrons. The Morgan fingerprint density at radius 2 is 1.45 bits per heavy atom. The van der Waals surface area contributed by atoms with E-state index in [0.717, 1.165) is 32.1 Å². The molecule has 6 atom stereocenters.